The first-order valence-electron chi connectivity index (χ1n) is 5.59. The highest BCUT2D eigenvalue weighted by Crippen LogP contribution is 2.35. The molecule has 0 saturated carbocycles. The molecule has 1 unspecified atom stereocenters. The topological polar surface area (TPSA) is 12.0 Å². The Kier molecular flexibility index (Phi) is 5.26. The monoisotopic (exact) mass is 381 g/mol. The fraction of sp³-hybridized carbons (Fsp3) is 0.231. The van der Waals surface area contributed by atoms with Crippen LogP contribution in [0.15, 0.2) is 28.7 Å². The zero-order valence-corrected chi connectivity index (χ0v) is 13.9. The van der Waals surface area contributed by atoms with Crippen molar-refractivity contribution in [1.82, 2.24) is 5.32 Å². The number of benzene rings is 1. The zero-order valence-electron chi connectivity index (χ0n) is 10.0. The maximum Gasteiger partial charge on any atom is 0.123 e. The van der Waals surface area contributed by atoms with Crippen molar-refractivity contribution in [1.29, 1.82) is 0 Å². The van der Waals surface area contributed by atoms with E-state index in [1.165, 1.54) is 23.5 Å². The van der Waals surface area contributed by atoms with Gasteiger partial charge in [-0.1, -0.05) is 39.1 Å². The number of nitrogens with one attached hydrogen (secondary N) is 1. The highest BCUT2D eigenvalue weighted by Gasteiger charge is 2.13. The summed E-state index contributed by atoms with van der Waals surface area (Å²) in [4.78, 5) is 0. The third kappa shape index (κ3) is 3.92. The Bertz CT molecular complexity index is 588. The van der Waals surface area contributed by atoms with E-state index in [1.807, 2.05) is 13.0 Å². The van der Waals surface area contributed by atoms with Crippen LogP contribution >= 0.6 is 50.5 Å². The Morgan fingerprint density at radius 2 is 2.11 bits per heavy atom. The molecule has 2 rings (SSSR count). The summed E-state index contributed by atoms with van der Waals surface area (Å²) in [5, 5.41) is 3.30. The van der Waals surface area contributed by atoms with E-state index in [0.29, 0.717) is 15.2 Å². The molecule has 19 heavy (non-hydrogen) atoms. The molecule has 1 heterocycles. The van der Waals surface area contributed by atoms with Gasteiger partial charge in [0.05, 0.1) is 8.67 Å². The quantitative estimate of drug-likeness (QED) is 0.703. The maximum absolute atomic E-state index is 13.2. The van der Waals surface area contributed by atoms with E-state index >= 15 is 0 Å². The van der Waals surface area contributed by atoms with Crippen LogP contribution in [0.5, 0.6) is 0 Å². The molecule has 1 aromatic carbocycles. The summed E-state index contributed by atoms with van der Waals surface area (Å²) in [5.74, 6) is -0.246. The van der Waals surface area contributed by atoms with Crippen LogP contribution in [0, 0.1) is 5.82 Å². The van der Waals surface area contributed by atoms with Gasteiger partial charge in [0.15, 0.2) is 0 Å². The van der Waals surface area contributed by atoms with E-state index in [2.05, 4.69) is 21.2 Å². The van der Waals surface area contributed by atoms with E-state index in [9.17, 15) is 4.39 Å². The summed E-state index contributed by atoms with van der Waals surface area (Å²) < 4.78 is 15.4. The van der Waals surface area contributed by atoms with E-state index < -0.39 is 0 Å². The lowest BCUT2D eigenvalue weighted by Crippen LogP contribution is -2.18. The Morgan fingerprint density at radius 1 is 1.37 bits per heavy atom. The van der Waals surface area contributed by atoms with Crippen LogP contribution in [-0.4, -0.2) is 0 Å². The van der Waals surface area contributed by atoms with E-state index in [-0.39, 0.29) is 11.9 Å². The third-order valence-corrected chi connectivity index (χ3v) is 5.05. The van der Waals surface area contributed by atoms with Gasteiger partial charge in [0, 0.05) is 17.1 Å². The highest BCUT2D eigenvalue weighted by molar-refractivity contribution is 9.10. The van der Waals surface area contributed by atoms with Crippen molar-refractivity contribution in [2.24, 2.45) is 0 Å². The minimum Gasteiger partial charge on any atom is -0.306 e. The van der Waals surface area contributed by atoms with Crippen molar-refractivity contribution in [2.45, 2.75) is 19.5 Å². The lowest BCUT2D eigenvalue weighted by molar-refractivity contribution is 0.569. The van der Waals surface area contributed by atoms with Gasteiger partial charge >= 0.3 is 0 Å². The van der Waals surface area contributed by atoms with Gasteiger partial charge < -0.3 is 5.32 Å². The van der Waals surface area contributed by atoms with Gasteiger partial charge in [-0.05, 0) is 42.3 Å². The van der Waals surface area contributed by atoms with E-state index in [1.54, 1.807) is 6.07 Å². The number of rotatable bonds is 4. The van der Waals surface area contributed by atoms with Crippen molar-refractivity contribution in [3.8, 4) is 0 Å². The average molecular weight is 383 g/mol. The summed E-state index contributed by atoms with van der Waals surface area (Å²) >= 11 is 16.8. The van der Waals surface area contributed by atoms with Crippen LogP contribution in [0.2, 0.25) is 8.67 Å². The Labute approximate surface area is 133 Å². The molecule has 0 spiro atoms. The van der Waals surface area contributed by atoms with Crippen molar-refractivity contribution in [3.05, 3.63) is 54.4 Å². The fourth-order valence-electron chi connectivity index (χ4n) is 1.70. The zero-order chi connectivity index (χ0) is 14.0. The molecule has 0 saturated heterocycles. The second kappa shape index (κ2) is 6.55. The van der Waals surface area contributed by atoms with E-state index in [0.717, 1.165) is 15.6 Å². The molecule has 1 atom stereocenters. The van der Waals surface area contributed by atoms with Crippen LogP contribution in [0.1, 0.15) is 24.1 Å². The predicted octanol–water partition coefficient (Wildman–Crippen LogP) is 5.81. The molecule has 1 aromatic heterocycles. The molecule has 0 aliphatic rings. The van der Waals surface area contributed by atoms with Gasteiger partial charge in [0.25, 0.3) is 0 Å². The van der Waals surface area contributed by atoms with Crippen LogP contribution in [0.3, 0.4) is 0 Å². The second-order valence-electron chi connectivity index (χ2n) is 4.12. The van der Waals surface area contributed by atoms with Crippen molar-refractivity contribution >= 4 is 50.5 Å². The fourth-order valence-corrected chi connectivity index (χ4v) is 3.73. The molecule has 0 amide bonds. The Balaban J connectivity index is 2.06. The first-order valence-corrected chi connectivity index (χ1v) is 7.96. The number of hydrogen-bond donors (Lipinski definition) is 1. The minimum absolute atomic E-state index is 0.0476. The Hall–Kier alpha value is -0.130. The molecule has 0 aliphatic carbocycles. The van der Waals surface area contributed by atoms with Gasteiger partial charge in [-0.25, -0.2) is 4.39 Å². The molecule has 6 heteroatoms. The molecule has 2 aromatic rings. The predicted molar refractivity (Wildman–Crippen MR) is 83.7 cm³/mol. The molecule has 102 valence electrons. The minimum atomic E-state index is -0.246. The van der Waals surface area contributed by atoms with Gasteiger partial charge in [-0.3, -0.25) is 0 Å². The normalized spacial score (nSPS) is 12.7. The number of halogens is 4. The third-order valence-electron chi connectivity index (χ3n) is 2.76. The van der Waals surface area contributed by atoms with Gasteiger partial charge in [0.2, 0.25) is 0 Å². The van der Waals surface area contributed by atoms with Gasteiger partial charge in [-0.2, -0.15) is 0 Å². The second-order valence-corrected chi connectivity index (χ2v) is 7.26. The summed E-state index contributed by atoms with van der Waals surface area (Å²) in [5.41, 5.74) is 1.83. The first kappa shape index (κ1) is 15.3. The molecular formula is C13H11BrCl2FNS. The smallest absolute Gasteiger partial charge is 0.123 e. The summed E-state index contributed by atoms with van der Waals surface area (Å²) in [6, 6.07) is 6.53. The molecule has 0 bridgehead atoms. The largest absolute Gasteiger partial charge is 0.306 e. The summed E-state index contributed by atoms with van der Waals surface area (Å²) in [6.07, 6.45) is 0. The Morgan fingerprint density at radius 3 is 2.74 bits per heavy atom. The van der Waals surface area contributed by atoms with Crippen molar-refractivity contribution < 1.29 is 4.39 Å². The van der Waals surface area contributed by atoms with Crippen molar-refractivity contribution in [3.63, 3.8) is 0 Å². The van der Waals surface area contributed by atoms with E-state index in [4.69, 9.17) is 23.2 Å². The van der Waals surface area contributed by atoms with Gasteiger partial charge in [0.1, 0.15) is 5.82 Å². The summed E-state index contributed by atoms with van der Waals surface area (Å²) in [6.45, 7) is 2.54. The number of hydrogen-bond acceptors (Lipinski definition) is 2. The highest BCUT2D eigenvalue weighted by atomic mass is 79.9. The molecule has 0 radical (unpaired) electrons. The van der Waals surface area contributed by atoms with Gasteiger partial charge in [-0.15, -0.1) is 11.3 Å². The lowest BCUT2D eigenvalue weighted by atomic mass is 10.1. The SMILES string of the molecule is CC(NCc1cc(F)ccc1Br)c1cc(Cl)sc1Cl. The number of thiophene rings is 1. The molecule has 1 N–H and O–H groups in total. The van der Waals surface area contributed by atoms with Crippen molar-refractivity contribution in [2.75, 3.05) is 0 Å². The standard InChI is InChI=1S/C13H11BrCl2FNS/c1-7(10-5-12(15)19-13(10)16)18-6-8-4-9(17)2-3-11(8)14/h2-5,7,18H,6H2,1H3. The lowest BCUT2D eigenvalue weighted by Gasteiger charge is -2.14. The molecular weight excluding hydrogens is 372 g/mol. The first-order chi connectivity index (χ1) is 8.97. The molecule has 0 aliphatic heterocycles. The van der Waals surface area contributed by atoms with Crippen LogP contribution in [0.4, 0.5) is 4.39 Å². The maximum atomic E-state index is 13.2. The molecule has 0 fully saturated rings. The van der Waals surface area contributed by atoms with Crippen LogP contribution in [0.25, 0.3) is 0 Å². The average Bonchev–Trinajstić information content (AvgIpc) is 2.69. The van der Waals surface area contributed by atoms with Crippen LogP contribution < -0.4 is 5.32 Å². The van der Waals surface area contributed by atoms with Crippen LogP contribution in [-0.2, 0) is 6.54 Å². The molecule has 1 nitrogen and oxygen atoms in total. The summed E-state index contributed by atoms with van der Waals surface area (Å²) in [7, 11) is 0.